The van der Waals surface area contributed by atoms with Crippen molar-refractivity contribution < 1.29 is 9.53 Å². The highest BCUT2D eigenvalue weighted by molar-refractivity contribution is 5.87. The van der Waals surface area contributed by atoms with Gasteiger partial charge in [-0.1, -0.05) is 18.2 Å². The SMILES string of the molecule is CC=CC=CC(=O)N1CCOC(C(C)N)C1. The number of amides is 1. The molecular formula is C12H20N2O2. The topological polar surface area (TPSA) is 55.6 Å². The third-order valence-electron chi connectivity index (χ3n) is 2.53. The number of carbonyl (C=O) groups is 1. The van der Waals surface area contributed by atoms with Gasteiger partial charge < -0.3 is 15.4 Å². The first-order valence-electron chi connectivity index (χ1n) is 5.60. The molecule has 0 radical (unpaired) electrons. The molecule has 1 rings (SSSR count). The predicted molar refractivity (Wildman–Crippen MR) is 63.9 cm³/mol. The molecule has 1 saturated heterocycles. The monoisotopic (exact) mass is 224 g/mol. The second-order valence-electron chi connectivity index (χ2n) is 3.94. The van der Waals surface area contributed by atoms with Gasteiger partial charge in [-0.25, -0.2) is 0 Å². The number of hydrogen-bond acceptors (Lipinski definition) is 3. The van der Waals surface area contributed by atoms with Gasteiger partial charge in [0.05, 0.1) is 12.7 Å². The molecule has 90 valence electrons. The molecule has 0 spiro atoms. The molecule has 0 aromatic rings. The molecule has 16 heavy (non-hydrogen) atoms. The third-order valence-corrected chi connectivity index (χ3v) is 2.53. The Balaban J connectivity index is 2.50. The van der Waals surface area contributed by atoms with Crippen LogP contribution < -0.4 is 5.73 Å². The highest BCUT2D eigenvalue weighted by Crippen LogP contribution is 2.08. The Morgan fingerprint density at radius 1 is 1.56 bits per heavy atom. The van der Waals surface area contributed by atoms with Crippen molar-refractivity contribution >= 4 is 5.91 Å². The molecule has 0 aliphatic carbocycles. The molecular weight excluding hydrogens is 204 g/mol. The van der Waals surface area contributed by atoms with E-state index < -0.39 is 0 Å². The highest BCUT2D eigenvalue weighted by Gasteiger charge is 2.25. The summed E-state index contributed by atoms with van der Waals surface area (Å²) in [5, 5.41) is 0. The van der Waals surface area contributed by atoms with Gasteiger partial charge >= 0.3 is 0 Å². The van der Waals surface area contributed by atoms with Crippen LogP contribution in [0.5, 0.6) is 0 Å². The molecule has 4 nitrogen and oxygen atoms in total. The van der Waals surface area contributed by atoms with Gasteiger partial charge in [0.2, 0.25) is 5.91 Å². The number of nitrogens with two attached hydrogens (primary N) is 1. The fourth-order valence-corrected chi connectivity index (χ4v) is 1.55. The summed E-state index contributed by atoms with van der Waals surface area (Å²) in [6, 6.07) is -0.0462. The second-order valence-corrected chi connectivity index (χ2v) is 3.94. The zero-order chi connectivity index (χ0) is 12.0. The largest absolute Gasteiger partial charge is 0.373 e. The van der Waals surface area contributed by atoms with Crippen molar-refractivity contribution in [2.45, 2.75) is 26.0 Å². The van der Waals surface area contributed by atoms with Gasteiger partial charge in [0, 0.05) is 25.2 Å². The van der Waals surface area contributed by atoms with E-state index >= 15 is 0 Å². The maximum atomic E-state index is 11.7. The number of morpholine rings is 1. The first kappa shape index (κ1) is 12.9. The molecule has 1 amide bonds. The number of carbonyl (C=O) groups excluding carboxylic acids is 1. The van der Waals surface area contributed by atoms with E-state index in [1.807, 2.05) is 26.0 Å². The van der Waals surface area contributed by atoms with Gasteiger partial charge in [-0.15, -0.1) is 0 Å². The van der Waals surface area contributed by atoms with E-state index in [0.29, 0.717) is 19.7 Å². The average Bonchev–Trinajstić information content (AvgIpc) is 2.29. The maximum absolute atomic E-state index is 11.7. The minimum absolute atomic E-state index is 0.0204. The van der Waals surface area contributed by atoms with Crippen LogP contribution in [0.1, 0.15) is 13.8 Å². The second kappa shape index (κ2) is 6.45. The maximum Gasteiger partial charge on any atom is 0.246 e. The lowest BCUT2D eigenvalue weighted by Gasteiger charge is -2.34. The van der Waals surface area contributed by atoms with Gasteiger partial charge in [-0.2, -0.15) is 0 Å². The van der Waals surface area contributed by atoms with Crippen LogP contribution in [-0.4, -0.2) is 42.6 Å². The van der Waals surface area contributed by atoms with Crippen LogP contribution in [0.15, 0.2) is 24.3 Å². The first-order chi connectivity index (χ1) is 7.65. The zero-order valence-corrected chi connectivity index (χ0v) is 9.93. The van der Waals surface area contributed by atoms with Crippen LogP contribution >= 0.6 is 0 Å². The Labute approximate surface area is 96.7 Å². The van der Waals surface area contributed by atoms with Crippen molar-refractivity contribution in [2.24, 2.45) is 5.73 Å². The normalized spacial score (nSPS) is 24.2. The van der Waals surface area contributed by atoms with Crippen LogP contribution in [-0.2, 0) is 9.53 Å². The van der Waals surface area contributed by atoms with Crippen molar-refractivity contribution in [3.8, 4) is 0 Å². The Hall–Kier alpha value is -1.13. The lowest BCUT2D eigenvalue weighted by molar-refractivity contribution is -0.134. The fraction of sp³-hybridized carbons (Fsp3) is 0.583. The number of rotatable bonds is 3. The molecule has 1 fully saturated rings. The summed E-state index contributed by atoms with van der Waals surface area (Å²) in [5.41, 5.74) is 5.76. The zero-order valence-electron chi connectivity index (χ0n) is 9.93. The van der Waals surface area contributed by atoms with Crippen molar-refractivity contribution in [3.05, 3.63) is 24.3 Å². The summed E-state index contributed by atoms with van der Waals surface area (Å²) in [7, 11) is 0. The highest BCUT2D eigenvalue weighted by atomic mass is 16.5. The van der Waals surface area contributed by atoms with E-state index in [-0.39, 0.29) is 18.1 Å². The van der Waals surface area contributed by atoms with E-state index in [1.54, 1.807) is 17.1 Å². The summed E-state index contributed by atoms with van der Waals surface area (Å²) in [6.45, 7) is 5.60. The average molecular weight is 224 g/mol. The van der Waals surface area contributed by atoms with Crippen molar-refractivity contribution in [1.82, 2.24) is 4.90 Å². The lowest BCUT2D eigenvalue weighted by Crippen LogP contribution is -2.51. The van der Waals surface area contributed by atoms with E-state index in [2.05, 4.69) is 0 Å². The van der Waals surface area contributed by atoms with Gasteiger partial charge in [-0.05, 0) is 13.8 Å². The summed E-state index contributed by atoms with van der Waals surface area (Å²) in [4.78, 5) is 13.5. The molecule has 2 N–H and O–H groups in total. The Morgan fingerprint density at radius 2 is 2.31 bits per heavy atom. The van der Waals surface area contributed by atoms with Crippen LogP contribution in [0.25, 0.3) is 0 Å². The van der Waals surface area contributed by atoms with Gasteiger partial charge in [0.1, 0.15) is 0 Å². The third kappa shape index (κ3) is 3.79. The number of nitrogens with zero attached hydrogens (tertiary/aromatic N) is 1. The Bertz CT molecular complexity index is 285. The van der Waals surface area contributed by atoms with E-state index in [0.717, 1.165) is 0 Å². The van der Waals surface area contributed by atoms with Crippen molar-refractivity contribution in [3.63, 3.8) is 0 Å². The molecule has 0 aromatic carbocycles. The molecule has 1 heterocycles. The van der Waals surface area contributed by atoms with Crippen LogP contribution in [0.3, 0.4) is 0 Å². The van der Waals surface area contributed by atoms with Crippen molar-refractivity contribution in [1.29, 1.82) is 0 Å². The summed E-state index contributed by atoms with van der Waals surface area (Å²) in [5.74, 6) is 0.0204. The summed E-state index contributed by atoms with van der Waals surface area (Å²) >= 11 is 0. The molecule has 1 aliphatic rings. The Morgan fingerprint density at radius 3 is 2.94 bits per heavy atom. The number of allylic oxidation sites excluding steroid dienone is 3. The minimum atomic E-state index is -0.0483. The molecule has 4 heteroatoms. The van der Waals surface area contributed by atoms with Crippen LogP contribution in [0, 0.1) is 0 Å². The Kier molecular flexibility index (Phi) is 5.22. The van der Waals surface area contributed by atoms with Crippen LogP contribution in [0.4, 0.5) is 0 Å². The number of hydrogen-bond donors (Lipinski definition) is 1. The van der Waals surface area contributed by atoms with Gasteiger partial charge in [0.15, 0.2) is 0 Å². The van der Waals surface area contributed by atoms with Gasteiger partial charge in [-0.3, -0.25) is 4.79 Å². The van der Waals surface area contributed by atoms with E-state index in [1.165, 1.54) is 0 Å². The molecule has 1 aliphatic heterocycles. The molecule has 0 saturated carbocycles. The smallest absolute Gasteiger partial charge is 0.246 e. The predicted octanol–water partition coefficient (Wildman–Crippen LogP) is 0.693. The van der Waals surface area contributed by atoms with Crippen molar-refractivity contribution in [2.75, 3.05) is 19.7 Å². The van der Waals surface area contributed by atoms with E-state index in [9.17, 15) is 4.79 Å². The standard InChI is InChI=1S/C12H20N2O2/c1-3-4-5-6-12(15)14-7-8-16-11(9-14)10(2)13/h3-6,10-11H,7-9,13H2,1-2H3. The van der Waals surface area contributed by atoms with Gasteiger partial charge in [0.25, 0.3) is 0 Å². The molecule has 0 aromatic heterocycles. The molecule has 2 unspecified atom stereocenters. The summed E-state index contributed by atoms with van der Waals surface area (Å²) in [6.07, 6.45) is 6.99. The summed E-state index contributed by atoms with van der Waals surface area (Å²) < 4.78 is 5.49. The lowest BCUT2D eigenvalue weighted by atomic mass is 10.1. The first-order valence-corrected chi connectivity index (χ1v) is 5.60. The number of ether oxygens (including phenoxy) is 1. The van der Waals surface area contributed by atoms with Crippen LogP contribution in [0.2, 0.25) is 0 Å². The van der Waals surface area contributed by atoms with E-state index in [4.69, 9.17) is 10.5 Å². The fourth-order valence-electron chi connectivity index (χ4n) is 1.55. The molecule has 2 atom stereocenters. The molecule has 0 bridgehead atoms. The minimum Gasteiger partial charge on any atom is -0.373 e. The quantitative estimate of drug-likeness (QED) is 0.567.